The van der Waals surface area contributed by atoms with Gasteiger partial charge in [0.05, 0.1) is 6.54 Å². The maximum absolute atomic E-state index is 11.9. The van der Waals surface area contributed by atoms with Crippen LogP contribution in [-0.4, -0.2) is 48.9 Å². The van der Waals surface area contributed by atoms with Crippen LogP contribution in [0.5, 0.6) is 0 Å². The van der Waals surface area contributed by atoms with E-state index in [4.69, 9.17) is 0 Å². The number of hydrogen-bond acceptors (Lipinski definition) is 5. The molecule has 1 aliphatic rings. The summed E-state index contributed by atoms with van der Waals surface area (Å²) in [6.07, 6.45) is 4.12. The topological polar surface area (TPSA) is 45.2 Å². The number of likely N-dealkylation sites (N-methyl/N-ethyl adjacent to an activating group) is 1. The molecule has 0 radical (unpaired) electrons. The Bertz CT molecular complexity index is 352. The third kappa shape index (κ3) is 4.65. The van der Waals surface area contributed by atoms with Crippen molar-refractivity contribution >= 4 is 29.5 Å². The molecule has 0 saturated carbocycles. The van der Waals surface area contributed by atoms with Gasteiger partial charge in [0, 0.05) is 18.1 Å². The van der Waals surface area contributed by atoms with E-state index in [1.807, 2.05) is 12.4 Å². The van der Waals surface area contributed by atoms with Gasteiger partial charge < -0.3 is 5.32 Å². The molecule has 0 spiro atoms. The van der Waals surface area contributed by atoms with Crippen molar-refractivity contribution in [2.45, 2.75) is 12.8 Å². The Balaban J connectivity index is 0.00000162. The molecule has 2 heterocycles. The molecule has 18 heavy (non-hydrogen) atoms. The second-order valence-electron chi connectivity index (χ2n) is 4.65. The summed E-state index contributed by atoms with van der Waals surface area (Å²) < 4.78 is 0. The van der Waals surface area contributed by atoms with Crippen LogP contribution in [0.3, 0.4) is 0 Å². The first-order chi connectivity index (χ1) is 8.25. The van der Waals surface area contributed by atoms with Crippen molar-refractivity contribution in [3.8, 4) is 0 Å². The number of ketones is 1. The van der Waals surface area contributed by atoms with Crippen molar-refractivity contribution in [1.82, 2.24) is 15.2 Å². The Hall–Kier alpha value is -0.490. The molecule has 0 aliphatic carbocycles. The second-order valence-corrected chi connectivity index (χ2v) is 5.55. The fourth-order valence-electron chi connectivity index (χ4n) is 2.24. The van der Waals surface area contributed by atoms with Gasteiger partial charge in [-0.15, -0.1) is 23.7 Å². The van der Waals surface area contributed by atoms with Gasteiger partial charge in [0.2, 0.25) is 5.78 Å². The van der Waals surface area contributed by atoms with Gasteiger partial charge in [0.1, 0.15) is 0 Å². The lowest BCUT2D eigenvalue weighted by Crippen LogP contribution is -2.36. The van der Waals surface area contributed by atoms with E-state index >= 15 is 0 Å². The van der Waals surface area contributed by atoms with Crippen LogP contribution in [0, 0.1) is 5.92 Å². The molecule has 1 saturated heterocycles. The van der Waals surface area contributed by atoms with Crippen LogP contribution >= 0.6 is 23.7 Å². The number of carbonyl (C=O) groups excluding carboxylic acids is 1. The number of piperidine rings is 1. The molecule has 2 rings (SSSR count). The highest BCUT2D eigenvalue weighted by molar-refractivity contribution is 7.11. The zero-order valence-electron chi connectivity index (χ0n) is 10.6. The molecule has 0 aromatic carbocycles. The van der Waals surface area contributed by atoms with Gasteiger partial charge in [-0.05, 0) is 38.9 Å². The van der Waals surface area contributed by atoms with Gasteiger partial charge in [-0.25, -0.2) is 4.98 Å². The van der Waals surface area contributed by atoms with E-state index in [2.05, 4.69) is 15.2 Å². The van der Waals surface area contributed by atoms with Crippen molar-refractivity contribution in [2.24, 2.45) is 5.92 Å². The minimum atomic E-state index is 0. The van der Waals surface area contributed by atoms with Crippen LogP contribution in [0.25, 0.3) is 0 Å². The van der Waals surface area contributed by atoms with Crippen LogP contribution in [0.4, 0.5) is 0 Å². The van der Waals surface area contributed by atoms with Gasteiger partial charge >= 0.3 is 0 Å². The smallest absolute Gasteiger partial charge is 0.205 e. The molecule has 0 bridgehead atoms. The standard InChI is InChI=1S/C12H19N3OS.ClH/c1-15(8-10-2-4-13-5-3-10)9-11(16)12-14-6-7-17-12;/h6-7,10,13H,2-5,8-9H2,1H3;1H. The lowest BCUT2D eigenvalue weighted by Gasteiger charge is -2.26. The quantitative estimate of drug-likeness (QED) is 0.838. The Morgan fingerprint density at radius 1 is 1.56 bits per heavy atom. The maximum Gasteiger partial charge on any atom is 0.205 e. The van der Waals surface area contributed by atoms with Gasteiger partial charge in [0.25, 0.3) is 0 Å². The minimum Gasteiger partial charge on any atom is -0.317 e. The van der Waals surface area contributed by atoms with Crippen molar-refractivity contribution in [3.05, 3.63) is 16.6 Å². The number of carbonyl (C=O) groups is 1. The molecule has 1 N–H and O–H groups in total. The van der Waals surface area contributed by atoms with E-state index in [9.17, 15) is 4.79 Å². The highest BCUT2D eigenvalue weighted by Gasteiger charge is 2.17. The number of Topliss-reactive ketones (excluding diaryl/α,β-unsaturated/α-hetero) is 1. The molecule has 1 fully saturated rings. The van der Waals surface area contributed by atoms with Crippen molar-refractivity contribution in [1.29, 1.82) is 0 Å². The summed E-state index contributed by atoms with van der Waals surface area (Å²) in [4.78, 5) is 18.0. The molecule has 1 aromatic heterocycles. The molecule has 0 atom stereocenters. The number of aromatic nitrogens is 1. The van der Waals surface area contributed by atoms with Crippen molar-refractivity contribution in [3.63, 3.8) is 0 Å². The average Bonchev–Trinajstić information content (AvgIpc) is 2.83. The molecular weight excluding hydrogens is 270 g/mol. The highest BCUT2D eigenvalue weighted by Crippen LogP contribution is 2.13. The summed E-state index contributed by atoms with van der Waals surface area (Å²) in [5.41, 5.74) is 0. The van der Waals surface area contributed by atoms with Crippen LogP contribution in [0.15, 0.2) is 11.6 Å². The van der Waals surface area contributed by atoms with E-state index in [1.54, 1.807) is 6.20 Å². The zero-order chi connectivity index (χ0) is 12.1. The Labute approximate surface area is 118 Å². The fraction of sp³-hybridized carbons (Fsp3) is 0.667. The first-order valence-electron chi connectivity index (χ1n) is 6.07. The molecule has 1 aromatic rings. The number of nitrogens with one attached hydrogen (secondary N) is 1. The molecular formula is C12H20ClN3OS. The molecule has 4 nitrogen and oxygen atoms in total. The normalized spacial score (nSPS) is 16.6. The van der Waals surface area contributed by atoms with Gasteiger partial charge in [-0.1, -0.05) is 0 Å². The number of thiazole rings is 1. The van der Waals surface area contributed by atoms with Crippen LogP contribution in [0.2, 0.25) is 0 Å². The Morgan fingerprint density at radius 3 is 2.89 bits per heavy atom. The number of rotatable bonds is 5. The number of halogens is 1. The van der Waals surface area contributed by atoms with Crippen molar-refractivity contribution in [2.75, 3.05) is 33.2 Å². The fourth-order valence-corrected chi connectivity index (χ4v) is 2.81. The van der Waals surface area contributed by atoms with Gasteiger partial charge in [-0.3, -0.25) is 9.69 Å². The highest BCUT2D eigenvalue weighted by atomic mass is 35.5. The largest absolute Gasteiger partial charge is 0.317 e. The first kappa shape index (κ1) is 15.6. The predicted octanol–water partition coefficient (Wildman–Crippen LogP) is 1.68. The summed E-state index contributed by atoms with van der Waals surface area (Å²) in [5.74, 6) is 0.863. The molecule has 0 unspecified atom stereocenters. The minimum absolute atomic E-state index is 0. The third-order valence-corrected chi connectivity index (χ3v) is 3.93. The first-order valence-corrected chi connectivity index (χ1v) is 6.95. The van der Waals surface area contributed by atoms with Crippen LogP contribution in [0.1, 0.15) is 22.6 Å². The van der Waals surface area contributed by atoms with Gasteiger partial charge in [-0.2, -0.15) is 0 Å². The molecule has 6 heteroatoms. The number of nitrogens with zero attached hydrogens (tertiary/aromatic N) is 2. The summed E-state index contributed by atoms with van der Waals surface area (Å²) in [7, 11) is 2.02. The second kappa shape index (κ2) is 7.84. The Morgan fingerprint density at radius 2 is 2.28 bits per heavy atom. The zero-order valence-corrected chi connectivity index (χ0v) is 12.2. The van der Waals surface area contributed by atoms with Crippen LogP contribution in [-0.2, 0) is 0 Å². The van der Waals surface area contributed by atoms with E-state index in [-0.39, 0.29) is 18.2 Å². The van der Waals surface area contributed by atoms with E-state index in [0.717, 1.165) is 25.6 Å². The van der Waals surface area contributed by atoms with Gasteiger partial charge in [0.15, 0.2) is 5.01 Å². The summed E-state index contributed by atoms with van der Waals surface area (Å²) in [6, 6.07) is 0. The third-order valence-electron chi connectivity index (χ3n) is 3.11. The van der Waals surface area contributed by atoms with E-state index in [0.29, 0.717) is 11.6 Å². The maximum atomic E-state index is 11.9. The van der Waals surface area contributed by atoms with E-state index < -0.39 is 0 Å². The van der Waals surface area contributed by atoms with Crippen molar-refractivity contribution < 1.29 is 4.79 Å². The molecule has 1 aliphatic heterocycles. The number of hydrogen-bond donors (Lipinski definition) is 1. The van der Waals surface area contributed by atoms with E-state index in [1.165, 1.54) is 24.2 Å². The lowest BCUT2D eigenvalue weighted by molar-refractivity contribution is 0.0933. The molecule has 0 amide bonds. The summed E-state index contributed by atoms with van der Waals surface area (Å²) >= 11 is 1.42. The Kier molecular flexibility index (Phi) is 6.78. The summed E-state index contributed by atoms with van der Waals surface area (Å²) in [5, 5.41) is 5.83. The average molecular weight is 290 g/mol. The summed E-state index contributed by atoms with van der Waals surface area (Å²) in [6.45, 7) is 3.72. The molecule has 102 valence electrons. The monoisotopic (exact) mass is 289 g/mol. The lowest BCUT2D eigenvalue weighted by atomic mass is 9.98. The SMILES string of the molecule is CN(CC(=O)c1nccs1)CC1CCNCC1.Cl. The predicted molar refractivity (Wildman–Crippen MR) is 76.8 cm³/mol. The van der Waals surface area contributed by atoms with Crippen LogP contribution < -0.4 is 5.32 Å².